The Morgan fingerprint density at radius 3 is 2.88 bits per heavy atom. The molecule has 0 aliphatic heterocycles. The van der Waals surface area contributed by atoms with Gasteiger partial charge in [-0.05, 0) is 51.2 Å². The standard InChI is InChI=1S/C20H20N2O3S/c1-12-7-8-13(2)15(9-12)19(24)25-11-14-10-18(23)22-16-5-3-4-6-17(16)26-20(22)21-14/h7-10H,3-6,11H2,1-2H3. The zero-order valence-corrected chi connectivity index (χ0v) is 15.7. The van der Waals surface area contributed by atoms with Crippen molar-refractivity contribution < 1.29 is 9.53 Å². The molecule has 4 rings (SSSR count). The van der Waals surface area contributed by atoms with Gasteiger partial charge in [0.15, 0.2) is 4.96 Å². The molecule has 3 aromatic rings. The highest BCUT2D eigenvalue weighted by molar-refractivity contribution is 7.17. The number of hydrogen-bond donors (Lipinski definition) is 0. The quantitative estimate of drug-likeness (QED) is 0.663. The number of aromatic nitrogens is 2. The third kappa shape index (κ3) is 3.05. The smallest absolute Gasteiger partial charge is 0.338 e. The molecule has 0 radical (unpaired) electrons. The summed E-state index contributed by atoms with van der Waals surface area (Å²) in [5.41, 5.74) is 3.93. The lowest BCUT2D eigenvalue weighted by Gasteiger charge is -2.10. The lowest BCUT2D eigenvalue weighted by molar-refractivity contribution is 0.0467. The maximum absolute atomic E-state index is 12.5. The average molecular weight is 368 g/mol. The van der Waals surface area contributed by atoms with Gasteiger partial charge in [-0.25, -0.2) is 9.78 Å². The molecule has 0 saturated heterocycles. The van der Waals surface area contributed by atoms with Crippen LogP contribution in [0.15, 0.2) is 29.1 Å². The van der Waals surface area contributed by atoms with Crippen molar-refractivity contribution in [3.8, 4) is 0 Å². The Balaban J connectivity index is 1.59. The van der Waals surface area contributed by atoms with E-state index in [0.29, 0.717) is 16.2 Å². The maximum Gasteiger partial charge on any atom is 0.338 e. The van der Waals surface area contributed by atoms with Gasteiger partial charge in [0.2, 0.25) is 0 Å². The summed E-state index contributed by atoms with van der Waals surface area (Å²) in [4.78, 5) is 31.4. The Morgan fingerprint density at radius 2 is 2.04 bits per heavy atom. The zero-order chi connectivity index (χ0) is 18.3. The number of esters is 1. The van der Waals surface area contributed by atoms with E-state index in [-0.39, 0.29) is 12.2 Å². The molecule has 0 fully saturated rings. The summed E-state index contributed by atoms with van der Waals surface area (Å²) in [5.74, 6) is -0.390. The highest BCUT2D eigenvalue weighted by atomic mass is 32.1. The number of thiazole rings is 1. The molecule has 0 bridgehead atoms. The minimum Gasteiger partial charge on any atom is -0.456 e. The van der Waals surface area contributed by atoms with E-state index in [9.17, 15) is 9.59 Å². The van der Waals surface area contributed by atoms with E-state index in [1.165, 1.54) is 10.9 Å². The van der Waals surface area contributed by atoms with Gasteiger partial charge in [0.25, 0.3) is 5.56 Å². The fourth-order valence-corrected chi connectivity index (χ4v) is 4.62. The Bertz CT molecular complexity index is 1060. The molecule has 1 aliphatic rings. The number of benzene rings is 1. The second-order valence-corrected chi connectivity index (χ2v) is 7.84. The minimum absolute atomic E-state index is 0.000518. The number of carbonyl (C=O) groups excluding carboxylic acids is 1. The van der Waals surface area contributed by atoms with Crippen LogP contribution in [-0.2, 0) is 24.2 Å². The van der Waals surface area contributed by atoms with Crippen LogP contribution in [-0.4, -0.2) is 15.4 Å². The van der Waals surface area contributed by atoms with Crippen LogP contribution in [0, 0.1) is 13.8 Å². The van der Waals surface area contributed by atoms with Gasteiger partial charge in [-0.15, -0.1) is 11.3 Å². The Kier molecular flexibility index (Phi) is 4.36. The largest absolute Gasteiger partial charge is 0.456 e. The fraction of sp³-hybridized carbons (Fsp3) is 0.350. The van der Waals surface area contributed by atoms with Gasteiger partial charge in [0.1, 0.15) is 6.61 Å². The summed E-state index contributed by atoms with van der Waals surface area (Å²) >= 11 is 1.57. The van der Waals surface area contributed by atoms with Gasteiger partial charge in [-0.3, -0.25) is 9.20 Å². The SMILES string of the molecule is Cc1ccc(C)c(C(=O)OCc2cc(=O)n3c4c(sc3n2)CCCC4)c1. The maximum atomic E-state index is 12.5. The van der Waals surface area contributed by atoms with E-state index in [2.05, 4.69) is 4.98 Å². The number of carbonyl (C=O) groups is 1. The van der Waals surface area contributed by atoms with Gasteiger partial charge < -0.3 is 4.74 Å². The predicted molar refractivity (Wildman–Crippen MR) is 101 cm³/mol. The normalized spacial score (nSPS) is 13.6. The van der Waals surface area contributed by atoms with E-state index in [1.54, 1.807) is 15.7 Å². The number of aryl methyl sites for hydroxylation is 4. The third-order valence-corrected chi connectivity index (χ3v) is 5.92. The number of hydrogen-bond acceptors (Lipinski definition) is 5. The lowest BCUT2D eigenvalue weighted by atomic mass is 10.0. The number of nitrogens with zero attached hydrogens (tertiary/aromatic N) is 2. The van der Waals surface area contributed by atoms with Crippen LogP contribution in [0.4, 0.5) is 0 Å². The van der Waals surface area contributed by atoms with E-state index < -0.39 is 5.97 Å². The van der Waals surface area contributed by atoms with Crippen LogP contribution in [0.3, 0.4) is 0 Å². The molecule has 134 valence electrons. The molecule has 0 spiro atoms. The molecule has 6 heteroatoms. The summed E-state index contributed by atoms with van der Waals surface area (Å²) < 4.78 is 7.13. The monoisotopic (exact) mass is 368 g/mol. The van der Waals surface area contributed by atoms with Crippen LogP contribution >= 0.6 is 11.3 Å². The molecule has 1 aliphatic carbocycles. The van der Waals surface area contributed by atoms with Crippen LogP contribution in [0.2, 0.25) is 0 Å². The second kappa shape index (κ2) is 6.68. The zero-order valence-electron chi connectivity index (χ0n) is 14.9. The topological polar surface area (TPSA) is 60.7 Å². The molecule has 5 nitrogen and oxygen atoms in total. The Morgan fingerprint density at radius 1 is 1.23 bits per heavy atom. The van der Waals surface area contributed by atoms with Crippen LogP contribution in [0.5, 0.6) is 0 Å². The first-order chi connectivity index (χ1) is 12.5. The third-order valence-electron chi connectivity index (χ3n) is 4.78. The molecule has 0 amide bonds. The van der Waals surface area contributed by atoms with Crippen molar-refractivity contribution in [3.63, 3.8) is 0 Å². The van der Waals surface area contributed by atoms with Gasteiger partial charge in [-0.2, -0.15) is 0 Å². The number of fused-ring (bicyclic) bond motifs is 3. The van der Waals surface area contributed by atoms with Crippen molar-refractivity contribution in [1.82, 2.24) is 9.38 Å². The van der Waals surface area contributed by atoms with E-state index in [0.717, 1.165) is 42.5 Å². The Labute approximate surface area is 155 Å². The molecule has 0 N–H and O–H groups in total. The summed E-state index contributed by atoms with van der Waals surface area (Å²) in [6.45, 7) is 3.81. The molecule has 0 unspecified atom stereocenters. The summed E-state index contributed by atoms with van der Waals surface area (Å²) in [7, 11) is 0. The molecule has 0 atom stereocenters. The highest BCUT2D eigenvalue weighted by Crippen LogP contribution is 2.28. The fourth-order valence-electron chi connectivity index (χ4n) is 3.39. The molecular formula is C20H20N2O3S. The molecule has 2 heterocycles. The van der Waals surface area contributed by atoms with Crippen molar-refractivity contribution in [2.24, 2.45) is 0 Å². The second-order valence-electron chi connectivity index (χ2n) is 6.78. The van der Waals surface area contributed by atoms with E-state index in [1.807, 2.05) is 32.0 Å². The highest BCUT2D eigenvalue weighted by Gasteiger charge is 2.19. The van der Waals surface area contributed by atoms with Gasteiger partial charge in [-0.1, -0.05) is 17.7 Å². The lowest BCUT2D eigenvalue weighted by Crippen LogP contribution is -2.18. The first-order valence-electron chi connectivity index (χ1n) is 8.80. The molecular weight excluding hydrogens is 348 g/mol. The van der Waals surface area contributed by atoms with E-state index >= 15 is 0 Å². The summed E-state index contributed by atoms with van der Waals surface area (Å²) in [6.07, 6.45) is 4.22. The van der Waals surface area contributed by atoms with Crippen LogP contribution in [0.1, 0.15) is 50.6 Å². The van der Waals surface area contributed by atoms with Crippen molar-refractivity contribution in [1.29, 1.82) is 0 Å². The number of ether oxygens (including phenoxy) is 1. The summed E-state index contributed by atoms with van der Waals surface area (Å²) in [5, 5.41) is 0. The summed E-state index contributed by atoms with van der Waals surface area (Å²) in [6, 6.07) is 7.15. The molecule has 1 aromatic carbocycles. The van der Waals surface area contributed by atoms with Crippen molar-refractivity contribution in [2.75, 3.05) is 0 Å². The molecule has 26 heavy (non-hydrogen) atoms. The first-order valence-corrected chi connectivity index (χ1v) is 9.62. The van der Waals surface area contributed by atoms with Crippen molar-refractivity contribution in [3.05, 3.63) is 67.6 Å². The first kappa shape index (κ1) is 17.0. The van der Waals surface area contributed by atoms with Crippen LogP contribution < -0.4 is 5.56 Å². The molecule has 2 aromatic heterocycles. The Hall–Kier alpha value is -2.47. The number of rotatable bonds is 3. The van der Waals surface area contributed by atoms with E-state index in [4.69, 9.17) is 4.74 Å². The van der Waals surface area contributed by atoms with Gasteiger partial charge in [0.05, 0.1) is 11.3 Å². The average Bonchev–Trinajstić information content (AvgIpc) is 3.00. The minimum atomic E-state index is -0.390. The molecule has 0 saturated carbocycles. The predicted octanol–water partition coefficient (Wildman–Crippen LogP) is 3.61. The van der Waals surface area contributed by atoms with Crippen LogP contribution in [0.25, 0.3) is 4.96 Å². The van der Waals surface area contributed by atoms with Gasteiger partial charge in [0, 0.05) is 16.6 Å². The van der Waals surface area contributed by atoms with Gasteiger partial charge >= 0.3 is 5.97 Å². The van der Waals surface area contributed by atoms with Crippen molar-refractivity contribution >= 4 is 22.3 Å². The van der Waals surface area contributed by atoms with Crippen molar-refractivity contribution in [2.45, 2.75) is 46.1 Å².